The summed E-state index contributed by atoms with van der Waals surface area (Å²) in [6, 6.07) is 7.18. The van der Waals surface area contributed by atoms with Crippen molar-refractivity contribution >= 4 is 11.6 Å². The van der Waals surface area contributed by atoms with E-state index in [-0.39, 0.29) is 0 Å². The van der Waals surface area contributed by atoms with Gasteiger partial charge in [-0.25, -0.2) is 0 Å². The molecule has 1 aromatic rings. The average Bonchev–Trinajstić information content (AvgIpc) is 2.25. The number of rotatable bonds is 2. The lowest BCUT2D eigenvalue weighted by Crippen LogP contribution is -2.05. The van der Waals surface area contributed by atoms with Crippen LogP contribution in [0.2, 0.25) is 5.02 Å². The molecule has 0 bridgehead atoms. The van der Waals surface area contributed by atoms with Crippen molar-refractivity contribution in [2.45, 2.75) is 6.42 Å². The lowest BCUT2D eigenvalue weighted by Gasteiger charge is -1.95. The fraction of sp³-hybridized carbons (Fsp3) is 0.250. The van der Waals surface area contributed by atoms with Gasteiger partial charge in [0.25, 0.3) is 0 Å². The van der Waals surface area contributed by atoms with Gasteiger partial charge in [-0.2, -0.15) is 5.26 Å². The number of nitrogens with one attached hydrogen (secondary N) is 1. The highest BCUT2D eigenvalue weighted by Crippen LogP contribution is 2.14. The monoisotopic (exact) mass is 218 g/mol. The highest BCUT2D eigenvalue weighted by molar-refractivity contribution is 6.30. The van der Waals surface area contributed by atoms with Crippen molar-refractivity contribution in [3.8, 4) is 17.9 Å². The smallest absolute Gasteiger partial charge is 0.100 e. The molecule has 0 amide bonds. The van der Waals surface area contributed by atoms with E-state index in [9.17, 15) is 0 Å². The maximum Gasteiger partial charge on any atom is 0.100 e. The van der Waals surface area contributed by atoms with Crippen LogP contribution in [0.4, 0.5) is 0 Å². The second-order valence-corrected chi connectivity index (χ2v) is 3.39. The van der Waals surface area contributed by atoms with Gasteiger partial charge in [0.05, 0.1) is 5.56 Å². The normalized spacial score (nSPS) is 8.87. The first-order valence-electron chi connectivity index (χ1n) is 4.61. The van der Waals surface area contributed by atoms with E-state index in [4.69, 9.17) is 16.9 Å². The molecular weight excluding hydrogens is 208 g/mol. The molecule has 0 fully saturated rings. The summed E-state index contributed by atoms with van der Waals surface area (Å²) < 4.78 is 0. The minimum atomic E-state index is 0.566. The number of hydrogen-bond donors (Lipinski definition) is 1. The van der Waals surface area contributed by atoms with E-state index in [0.717, 1.165) is 13.0 Å². The molecule has 0 spiro atoms. The van der Waals surface area contributed by atoms with Crippen LogP contribution in [-0.2, 0) is 0 Å². The molecule has 2 nitrogen and oxygen atoms in total. The number of halogens is 1. The molecule has 0 saturated carbocycles. The minimum Gasteiger partial charge on any atom is -0.319 e. The summed E-state index contributed by atoms with van der Waals surface area (Å²) in [6.45, 7) is 0.843. The van der Waals surface area contributed by atoms with Crippen molar-refractivity contribution in [3.63, 3.8) is 0 Å². The van der Waals surface area contributed by atoms with Crippen LogP contribution in [0.15, 0.2) is 18.2 Å². The summed E-state index contributed by atoms with van der Waals surface area (Å²) in [5, 5.41) is 12.4. The average molecular weight is 219 g/mol. The van der Waals surface area contributed by atoms with Crippen LogP contribution in [0.25, 0.3) is 0 Å². The molecule has 76 valence electrons. The van der Waals surface area contributed by atoms with Crippen LogP contribution in [0.3, 0.4) is 0 Å². The Bertz CT molecular complexity index is 435. The maximum atomic E-state index is 8.84. The van der Waals surface area contributed by atoms with Gasteiger partial charge in [-0.3, -0.25) is 0 Å². The highest BCUT2D eigenvalue weighted by atomic mass is 35.5. The second-order valence-electron chi connectivity index (χ2n) is 2.96. The molecule has 0 aliphatic rings. The predicted molar refractivity (Wildman–Crippen MR) is 61.6 cm³/mol. The quantitative estimate of drug-likeness (QED) is 0.610. The van der Waals surface area contributed by atoms with E-state index in [2.05, 4.69) is 23.2 Å². The summed E-state index contributed by atoms with van der Waals surface area (Å²) in [7, 11) is 1.88. The molecule has 3 heteroatoms. The van der Waals surface area contributed by atoms with Crippen LogP contribution in [0.1, 0.15) is 17.5 Å². The van der Waals surface area contributed by atoms with Gasteiger partial charge in [-0.15, -0.1) is 0 Å². The van der Waals surface area contributed by atoms with Crippen molar-refractivity contribution in [1.29, 1.82) is 5.26 Å². The largest absolute Gasteiger partial charge is 0.319 e. The second kappa shape index (κ2) is 6.09. The molecule has 0 aliphatic heterocycles. The SMILES string of the molecule is CNCCC#Cc1cc(Cl)ccc1C#N. The Morgan fingerprint density at radius 3 is 2.87 bits per heavy atom. The zero-order chi connectivity index (χ0) is 11.1. The van der Waals surface area contributed by atoms with E-state index in [1.807, 2.05) is 7.05 Å². The summed E-state index contributed by atoms with van der Waals surface area (Å²) in [6.07, 6.45) is 0.758. The summed E-state index contributed by atoms with van der Waals surface area (Å²) in [5.41, 5.74) is 1.26. The van der Waals surface area contributed by atoms with Gasteiger partial charge < -0.3 is 5.32 Å². The van der Waals surface area contributed by atoms with Gasteiger partial charge >= 0.3 is 0 Å². The highest BCUT2D eigenvalue weighted by Gasteiger charge is 1.98. The number of benzene rings is 1. The number of nitrogens with zero attached hydrogens (tertiary/aromatic N) is 1. The van der Waals surface area contributed by atoms with Crippen molar-refractivity contribution in [1.82, 2.24) is 5.32 Å². The lowest BCUT2D eigenvalue weighted by atomic mass is 10.1. The molecule has 1 aromatic carbocycles. The summed E-state index contributed by atoms with van der Waals surface area (Å²) >= 11 is 5.82. The minimum absolute atomic E-state index is 0.566. The van der Waals surface area contributed by atoms with E-state index < -0.39 is 0 Å². The van der Waals surface area contributed by atoms with Crippen molar-refractivity contribution in [2.75, 3.05) is 13.6 Å². The van der Waals surface area contributed by atoms with E-state index in [1.165, 1.54) is 0 Å². The van der Waals surface area contributed by atoms with Gasteiger partial charge in [0.15, 0.2) is 0 Å². The van der Waals surface area contributed by atoms with Crippen molar-refractivity contribution in [2.24, 2.45) is 0 Å². The van der Waals surface area contributed by atoms with Crippen LogP contribution in [-0.4, -0.2) is 13.6 Å². The molecule has 1 rings (SSSR count). The molecule has 0 atom stereocenters. The lowest BCUT2D eigenvalue weighted by molar-refractivity contribution is 0.818. The topological polar surface area (TPSA) is 35.8 Å². The zero-order valence-electron chi connectivity index (χ0n) is 8.47. The Balaban J connectivity index is 2.87. The molecule has 0 aliphatic carbocycles. The maximum absolute atomic E-state index is 8.84. The van der Waals surface area contributed by atoms with Gasteiger partial charge in [-0.1, -0.05) is 23.4 Å². The third-order valence-corrected chi connectivity index (χ3v) is 2.06. The van der Waals surface area contributed by atoms with Crippen LogP contribution in [0, 0.1) is 23.2 Å². The third kappa shape index (κ3) is 3.64. The Kier molecular flexibility index (Phi) is 4.71. The van der Waals surface area contributed by atoms with Crippen molar-refractivity contribution in [3.05, 3.63) is 34.3 Å². The Morgan fingerprint density at radius 2 is 2.20 bits per heavy atom. The van der Waals surface area contributed by atoms with Gasteiger partial charge in [-0.05, 0) is 25.2 Å². The van der Waals surface area contributed by atoms with Gasteiger partial charge in [0, 0.05) is 23.6 Å². The standard InChI is InChI=1S/C12H11ClN2/c1-15-7-3-2-4-10-8-12(13)6-5-11(10)9-14/h5-6,8,15H,3,7H2,1H3. The molecule has 0 saturated heterocycles. The fourth-order valence-corrected chi connectivity index (χ4v) is 1.23. The number of nitriles is 1. The van der Waals surface area contributed by atoms with Gasteiger partial charge in [0.2, 0.25) is 0 Å². The van der Waals surface area contributed by atoms with E-state index >= 15 is 0 Å². The van der Waals surface area contributed by atoms with Crippen LogP contribution in [0.5, 0.6) is 0 Å². The molecule has 0 unspecified atom stereocenters. The predicted octanol–water partition coefficient (Wildman–Crippen LogP) is 2.17. The summed E-state index contributed by atoms with van der Waals surface area (Å²) in [5.74, 6) is 5.93. The Labute approximate surface area is 94.9 Å². The molecule has 1 N–H and O–H groups in total. The molecular formula is C12H11ClN2. The fourth-order valence-electron chi connectivity index (χ4n) is 1.06. The Hall–Kier alpha value is -1.48. The first-order valence-corrected chi connectivity index (χ1v) is 4.99. The van der Waals surface area contributed by atoms with Crippen LogP contribution >= 0.6 is 11.6 Å². The van der Waals surface area contributed by atoms with Crippen molar-refractivity contribution < 1.29 is 0 Å². The molecule has 0 aromatic heterocycles. The summed E-state index contributed by atoms with van der Waals surface area (Å²) in [4.78, 5) is 0. The first kappa shape index (κ1) is 11.6. The third-order valence-electron chi connectivity index (χ3n) is 1.83. The van der Waals surface area contributed by atoms with E-state index in [0.29, 0.717) is 16.1 Å². The zero-order valence-corrected chi connectivity index (χ0v) is 9.23. The molecule has 0 heterocycles. The first-order chi connectivity index (χ1) is 7.27. The molecule has 0 radical (unpaired) electrons. The number of hydrogen-bond acceptors (Lipinski definition) is 2. The molecule has 15 heavy (non-hydrogen) atoms. The Morgan fingerprint density at radius 1 is 1.40 bits per heavy atom. The van der Waals surface area contributed by atoms with Crippen LogP contribution < -0.4 is 5.32 Å². The van der Waals surface area contributed by atoms with E-state index in [1.54, 1.807) is 18.2 Å². The van der Waals surface area contributed by atoms with Gasteiger partial charge in [0.1, 0.15) is 6.07 Å².